The Morgan fingerprint density at radius 1 is 0.971 bits per heavy atom. The van der Waals surface area contributed by atoms with Crippen molar-refractivity contribution in [2.75, 3.05) is 20.8 Å². The molecule has 1 aliphatic rings. The van der Waals surface area contributed by atoms with Crippen LogP contribution in [0.3, 0.4) is 0 Å². The summed E-state index contributed by atoms with van der Waals surface area (Å²) in [5.41, 5.74) is 4.51. The van der Waals surface area contributed by atoms with Gasteiger partial charge < -0.3 is 14.4 Å². The molecule has 0 saturated heterocycles. The maximum atomic E-state index is 14.2. The van der Waals surface area contributed by atoms with Gasteiger partial charge in [-0.15, -0.1) is 0 Å². The average molecular weight is 458 g/mol. The standard InChI is InChI=1S/C27H24FN3O3/c1-33-21-10-6-17(7-11-21)14-15-31-26(19-4-3-5-20(28)16-19)23-24(29-30-25(23)27(31)32)18-8-12-22(34-2)13-9-18/h3-13,16,26H,14-15H2,1-2H3,(H,29,30). The number of methoxy groups -OCH3 is 2. The maximum Gasteiger partial charge on any atom is 0.273 e. The molecular formula is C27H24FN3O3. The molecule has 5 rings (SSSR count). The van der Waals surface area contributed by atoms with Gasteiger partial charge in [0.15, 0.2) is 0 Å². The van der Waals surface area contributed by atoms with E-state index in [0.29, 0.717) is 29.9 Å². The van der Waals surface area contributed by atoms with Gasteiger partial charge in [0.2, 0.25) is 0 Å². The average Bonchev–Trinajstić information content (AvgIpc) is 3.42. The zero-order chi connectivity index (χ0) is 23.7. The van der Waals surface area contributed by atoms with Crippen molar-refractivity contribution in [2.24, 2.45) is 0 Å². The van der Waals surface area contributed by atoms with E-state index in [1.54, 1.807) is 25.2 Å². The fraction of sp³-hybridized carbons (Fsp3) is 0.185. The highest BCUT2D eigenvalue weighted by Crippen LogP contribution is 2.43. The molecule has 3 aromatic carbocycles. The third kappa shape index (κ3) is 3.90. The van der Waals surface area contributed by atoms with Gasteiger partial charge in [-0.25, -0.2) is 4.39 Å². The van der Waals surface area contributed by atoms with Crippen LogP contribution in [0, 0.1) is 5.82 Å². The van der Waals surface area contributed by atoms with Gasteiger partial charge in [-0.3, -0.25) is 9.89 Å². The molecule has 1 unspecified atom stereocenters. The second kappa shape index (κ2) is 9.02. The van der Waals surface area contributed by atoms with Gasteiger partial charge in [-0.1, -0.05) is 24.3 Å². The summed E-state index contributed by atoms with van der Waals surface area (Å²) in [5.74, 6) is 1.02. The summed E-state index contributed by atoms with van der Waals surface area (Å²) in [7, 11) is 3.24. The van der Waals surface area contributed by atoms with E-state index in [1.807, 2.05) is 54.6 Å². The Balaban J connectivity index is 1.53. The summed E-state index contributed by atoms with van der Waals surface area (Å²) in [4.78, 5) is 15.2. The lowest BCUT2D eigenvalue weighted by molar-refractivity contribution is 0.0745. The summed E-state index contributed by atoms with van der Waals surface area (Å²) in [5, 5.41) is 7.40. The van der Waals surface area contributed by atoms with Gasteiger partial charge in [0.1, 0.15) is 23.0 Å². The van der Waals surface area contributed by atoms with Crippen LogP contribution in [0.1, 0.15) is 33.2 Å². The number of ether oxygens (including phenoxy) is 2. The second-order valence-corrected chi connectivity index (χ2v) is 8.14. The van der Waals surface area contributed by atoms with Gasteiger partial charge in [-0.2, -0.15) is 5.10 Å². The summed E-state index contributed by atoms with van der Waals surface area (Å²) < 4.78 is 24.7. The Hall–Kier alpha value is -4.13. The molecule has 0 aliphatic carbocycles. The van der Waals surface area contributed by atoms with Crippen LogP contribution in [-0.2, 0) is 6.42 Å². The van der Waals surface area contributed by atoms with Crippen molar-refractivity contribution in [1.82, 2.24) is 15.1 Å². The number of nitrogens with zero attached hydrogens (tertiary/aromatic N) is 2. The smallest absolute Gasteiger partial charge is 0.273 e. The molecular weight excluding hydrogens is 433 g/mol. The lowest BCUT2D eigenvalue weighted by atomic mass is 9.96. The number of fused-ring (bicyclic) bond motifs is 1. The number of H-pyrrole nitrogens is 1. The van der Waals surface area contributed by atoms with Gasteiger partial charge in [0.25, 0.3) is 5.91 Å². The Kier molecular flexibility index (Phi) is 5.76. The molecule has 1 N–H and O–H groups in total. The minimum absolute atomic E-state index is 0.148. The predicted octanol–water partition coefficient (Wildman–Crippen LogP) is 5.02. The molecule has 0 bridgehead atoms. The molecule has 0 radical (unpaired) electrons. The number of rotatable bonds is 7. The molecule has 0 saturated carbocycles. The highest BCUT2D eigenvalue weighted by Gasteiger charge is 2.42. The topological polar surface area (TPSA) is 67.5 Å². The molecule has 4 aromatic rings. The first kappa shape index (κ1) is 21.7. The Bertz CT molecular complexity index is 1320. The Morgan fingerprint density at radius 3 is 2.29 bits per heavy atom. The number of amides is 1. The first-order valence-electron chi connectivity index (χ1n) is 11.0. The molecule has 172 valence electrons. The van der Waals surface area contributed by atoms with E-state index in [-0.39, 0.29) is 11.7 Å². The largest absolute Gasteiger partial charge is 0.497 e. The third-order valence-electron chi connectivity index (χ3n) is 6.19. The highest BCUT2D eigenvalue weighted by molar-refractivity contribution is 6.00. The van der Waals surface area contributed by atoms with Crippen molar-refractivity contribution in [3.05, 3.63) is 101 Å². The van der Waals surface area contributed by atoms with E-state index in [2.05, 4.69) is 10.2 Å². The summed E-state index contributed by atoms with van der Waals surface area (Å²) in [6.45, 7) is 0.469. The molecule has 7 heteroatoms. The van der Waals surface area contributed by atoms with Gasteiger partial charge in [0, 0.05) is 17.7 Å². The van der Waals surface area contributed by atoms with Crippen LogP contribution in [0.25, 0.3) is 11.3 Å². The minimum atomic E-state index is -0.452. The van der Waals surface area contributed by atoms with Crippen LogP contribution in [0.15, 0.2) is 72.8 Å². The van der Waals surface area contributed by atoms with Gasteiger partial charge >= 0.3 is 0 Å². The van der Waals surface area contributed by atoms with Crippen molar-refractivity contribution < 1.29 is 18.7 Å². The lowest BCUT2D eigenvalue weighted by Crippen LogP contribution is -2.31. The fourth-order valence-electron chi connectivity index (χ4n) is 4.46. The number of carbonyl (C=O) groups excluding carboxylic acids is 1. The zero-order valence-corrected chi connectivity index (χ0v) is 18.9. The molecule has 1 atom stereocenters. The normalized spacial score (nSPS) is 14.9. The Labute approximate surface area is 196 Å². The predicted molar refractivity (Wildman–Crippen MR) is 127 cm³/mol. The molecule has 1 amide bonds. The van der Waals surface area contributed by atoms with Crippen LogP contribution >= 0.6 is 0 Å². The van der Waals surface area contributed by atoms with Crippen LogP contribution in [0.4, 0.5) is 4.39 Å². The number of benzene rings is 3. The molecule has 0 fully saturated rings. The molecule has 2 heterocycles. The number of nitrogens with one attached hydrogen (secondary N) is 1. The SMILES string of the molecule is COc1ccc(CCN2C(=O)c3[nH]nc(-c4ccc(OC)cc4)c3C2c2cccc(F)c2)cc1. The van der Waals surface area contributed by atoms with E-state index in [0.717, 1.165) is 28.2 Å². The summed E-state index contributed by atoms with van der Waals surface area (Å²) in [6.07, 6.45) is 0.650. The fourth-order valence-corrected chi connectivity index (χ4v) is 4.46. The van der Waals surface area contributed by atoms with Gasteiger partial charge in [-0.05, 0) is 66.1 Å². The molecule has 1 aliphatic heterocycles. The van der Waals surface area contributed by atoms with Crippen LogP contribution in [0.5, 0.6) is 11.5 Å². The zero-order valence-electron chi connectivity index (χ0n) is 18.9. The van der Waals surface area contributed by atoms with E-state index < -0.39 is 6.04 Å². The van der Waals surface area contributed by atoms with Crippen molar-refractivity contribution >= 4 is 5.91 Å². The lowest BCUT2D eigenvalue weighted by Gasteiger charge is -2.26. The Morgan fingerprint density at radius 2 is 1.65 bits per heavy atom. The van der Waals surface area contributed by atoms with Gasteiger partial charge in [0.05, 0.1) is 26.0 Å². The number of hydrogen-bond acceptors (Lipinski definition) is 4. The number of carbonyl (C=O) groups is 1. The first-order chi connectivity index (χ1) is 16.6. The van der Waals surface area contributed by atoms with Crippen molar-refractivity contribution in [1.29, 1.82) is 0 Å². The molecule has 6 nitrogen and oxygen atoms in total. The molecule has 34 heavy (non-hydrogen) atoms. The van der Waals surface area contributed by atoms with Crippen LogP contribution < -0.4 is 9.47 Å². The monoisotopic (exact) mass is 457 g/mol. The molecule has 1 aromatic heterocycles. The number of aromatic nitrogens is 2. The number of hydrogen-bond donors (Lipinski definition) is 1. The quantitative estimate of drug-likeness (QED) is 0.423. The highest BCUT2D eigenvalue weighted by atomic mass is 19.1. The van der Waals surface area contributed by atoms with E-state index in [4.69, 9.17) is 9.47 Å². The summed E-state index contributed by atoms with van der Waals surface area (Å²) >= 11 is 0. The van der Waals surface area contributed by atoms with Crippen molar-refractivity contribution in [3.63, 3.8) is 0 Å². The number of halogens is 1. The second-order valence-electron chi connectivity index (χ2n) is 8.14. The van der Waals surface area contributed by atoms with E-state index in [9.17, 15) is 9.18 Å². The first-order valence-corrected chi connectivity index (χ1v) is 11.0. The third-order valence-corrected chi connectivity index (χ3v) is 6.19. The maximum absolute atomic E-state index is 14.2. The van der Waals surface area contributed by atoms with E-state index in [1.165, 1.54) is 12.1 Å². The molecule has 0 spiro atoms. The van der Waals surface area contributed by atoms with Crippen molar-refractivity contribution in [3.8, 4) is 22.8 Å². The minimum Gasteiger partial charge on any atom is -0.497 e. The van der Waals surface area contributed by atoms with Crippen LogP contribution in [0.2, 0.25) is 0 Å². The van der Waals surface area contributed by atoms with Crippen molar-refractivity contribution in [2.45, 2.75) is 12.5 Å². The van der Waals surface area contributed by atoms with Crippen LogP contribution in [-0.4, -0.2) is 41.8 Å². The van der Waals surface area contributed by atoms with E-state index >= 15 is 0 Å². The number of aromatic amines is 1. The summed E-state index contributed by atoms with van der Waals surface area (Å²) in [6, 6.07) is 21.2.